The number of hydrogen-bond acceptors (Lipinski definition) is 2. The molecule has 0 radical (unpaired) electrons. The standard InChI is InChI=1S/C15H19NO3/c1-10(2)11-5-7-12(8-6-11)14(17)16-9-3-4-13(16)15(18)19/h5-8,10,13H,3-4,9H2,1-2H3,(H,18,19). The molecule has 1 aromatic carbocycles. The number of carbonyl (C=O) groups is 2. The first-order chi connectivity index (χ1) is 9.00. The van der Waals surface area contributed by atoms with Crippen LogP contribution in [0.4, 0.5) is 0 Å². The molecule has 1 aromatic rings. The van der Waals surface area contributed by atoms with Crippen LogP contribution in [-0.2, 0) is 4.79 Å². The molecular weight excluding hydrogens is 242 g/mol. The molecule has 1 saturated heterocycles. The van der Waals surface area contributed by atoms with E-state index in [1.54, 1.807) is 12.1 Å². The molecule has 1 heterocycles. The van der Waals surface area contributed by atoms with Crippen molar-refractivity contribution in [2.45, 2.75) is 38.6 Å². The summed E-state index contributed by atoms with van der Waals surface area (Å²) in [4.78, 5) is 24.9. The van der Waals surface area contributed by atoms with E-state index in [4.69, 9.17) is 5.11 Å². The van der Waals surface area contributed by atoms with Crippen LogP contribution in [0.1, 0.15) is 48.5 Å². The van der Waals surface area contributed by atoms with Crippen LogP contribution in [0.15, 0.2) is 24.3 Å². The van der Waals surface area contributed by atoms with Gasteiger partial charge in [-0.05, 0) is 36.5 Å². The molecule has 102 valence electrons. The molecule has 2 rings (SSSR count). The lowest BCUT2D eigenvalue weighted by atomic mass is 10.0. The first kappa shape index (κ1) is 13.6. The third-order valence-electron chi connectivity index (χ3n) is 3.62. The molecular formula is C15H19NO3. The number of carbonyl (C=O) groups excluding carboxylic acids is 1. The van der Waals surface area contributed by atoms with Gasteiger partial charge in [0.05, 0.1) is 0 Å². The summed E-state index contributed by atoms with van der Waals surface area (Å²) >= 11 is 0. The van der Waals surface area contributed by atoms with Gasteiger partial charge in [-0.25, -0.2) is 4.79 Å². The lowest BCUT2D eigenvalue weighted by Gasteiger charge is -2.21. The van der Waals surface area contributed by atoms with Crippen LogP contribution in [0.2, 0.25) is 0 Å². The minimum Gasteiger partial charge on any atom is -0.480 e. The minimum atomic E-state index is -0.912. The molecule has 1 N–H and O–H groups in total. The summed E-state index contributed by atoms with van der Waals surface area (Å²) in [5.74, 6) is -0.674. The van der Waals surface area contributed by atoms with Crippen molar-refractivity contribution in [2.75, 3.05) is 6.54 Å². The quantitative estimate of drug-likeness (QED) is 0.909. The van der Waals surface area contributed by atoms with Crippen molar-refractivity contribution in [3.8, 4) is 0 Å². The summed E-state index contributed by atoms with van der Waals surface area (Å²) in [5.41, 5.74) is 1.74. The van der Waals surface area contributed by atoms with Crippen molar-refractivity contribution in [3.63, 3.8) is 0 Å². The topological polar surface area (TPSA) is 57.6 Å². The van der Waals surface area contributed by atoms with Crippen LogP contribution in [-0.4, -0.2) is 34.5 Å². The lowest BCUT2D eigenvalue weighted by Crippen LogP contribution is -2.40. The first-order valence-electron chi connectivity index (χ1n) is 6.64. The van der Waals surface area contributed by atoms with Crippen molar-refractivity contribution >= 4 is 11.9 Å². The smallest absolute Gasteiger partial charge is 0.326 e. The summed E-state index contributed by atoms with van der Waals surface area (Å²) in [5, 5.41) is 9.10. The van der Waals surface area contributed by atoms with E-state index < -0.39 is 12.0 Å². The monoisotopic (exact) mass is 261 g/mol. The Balaban J connectivity index is 2.17. The van der Waals surface area contributed by atoms with Gasteiger partial charge in [-0.2, -0.15) is 0 Å². The Kier molecular flexibility index (Phi) is 3.88. The Morgan fingerprint density at radius 1 is 1.26 bits per heavy atom. The maximum Gasteiger partial charge on any atom is 0.326 e. The first-order valence-corrected chi connectivity index (χ1v) is 6.64. The van der Waals surface area contributed by atoms with Gasteiger partial charge in [0, 0.05) is 12.1 Å². The number of aliphatic carboxylic acids is 1. The normalized spacial score (nSPS) is 18.9. The second-order valence-corrected chi connectivity index (χ2v) is 5.27. The van der Waals surface area contributed by atoms with Crippen molar-refractivity contribution in [1.82, 2.24) is 4.90 Å². The fourth-order valence-electron chi connectivity index (χ4n) is 2.44. The highest BCUT2D eigenvalue weighted by Crippen LogP contribution is 2.21. The van der Waals surface area contributed by atoms with Gasteiger partial charge >= 0.3 is 5.97 Å². The molecule has 0 aliphatic carbocycles. The number of amides is 1. The Bertz CT molecular complexity index is 479. The van der Waals surface area contributed by atoms with Gasteiger partial charge in [0.1, 0.15) is 6.04 Å². The molecule has 1 aliphatic heterocycles. The van der Waals surface area contributed by atoms with Crippen LogP contribution >= 0.6 is 0 Å². The summed E-state index contributed by atoms with van der Waals surface area (Å²) in [6.07, 6.45) is 1.30. The number of rotatable bonds is 3. The zero-order valence-corrected chi connectivity index (χ0v) is 11.3. The number of likely N-dealkylation sites (tertiary alicyclic amines) is 1. The van der Waals surface area contributed by atoms with E-state index in [1.807, 2.05) is 12.1 Å². The van der Waals surface area contributed by atoms with E-state index in [9.17, 15) is 9.59 Å². The Labute approximate surface area is 113 Å². The predicted octanol–water partition coefficient (Wildman–Crippen LogP) is 2.50. The van der Waals surface area contributed by atoms with Crippen LogP contribution in [0, 0.1) is 0 Å². The van der Waals surface area contributed by atoms with Crippen LogP contribution < -0.4 is 0 Å². The molecule has 0 spiro atoms. The molecule has 19 heavy (non-hydrogen) atoms. The van der Waals surface area contributed by atoms with Crippen LogP contribution in [0.5, 0.6) is 0 Å². The van der Waals surface area contributed by atoms with Crippen molar-refractivity contribution in [2.24, 2.45) is 0 Å². The maximum atomic E-state index is 12.3. The predicted molar refractivity (Wildman–Crippen MR) is 72.2 cm³/mol. The molecule has 1 unspecified atom stereocenters. The molecule has 1 amide bonds. The van der Waals surface area contributed by atoms with Crippen LogP contribution in [0.3, 0.4) is 0 Å². The SMILES string of the molecule is CC(C)c1ccc(C(=O)N2CCCC2C(=O)O)cc1. The Morgan fingerprint density at radius 3 is 2.42 bits per heavy atom. The molecule has 0 saturated carbocycles. The third kappa shape index (κ3) is 2.78. The average molecular weight is 261 g/mol. The third-order valence-corrected chi connectivity index (χ3v) is 3.62. The van der Waals surface area contributed by atoms with E-state index in [0.717, 1.165) is 6.42 Å². The van der Waals surface area contributed by atoms with E-state index in [-0.39, 0.29) is 5.91 Å². The number of benzene rings is 1. The van der Waals surface area contributed by atoms with Crippen molar-refractivity contribution in [3.05, 3.63) is 35.4 Å². The van der Waals surface area contributed by atoms with Gasteiger partial charge in [-0.3, -0.25) is 4.79 Å². The Morgan fingerprint density at radius 2 is 1.89 bits per heavy atom. The lowest BCUT2D eigenvalue weighted by molar-refractivity contribution is -0.141. The maximum absolute atomic E-state index is 12.3. The molecule has 1 fully saturated rings. The summed E-state index contributed by atoms with van der Waals surface area (Å²) < 4.78 is 0. The molecule has 1 atom stereocenters. The Hall–Kier alpha value is -1.84. The van der Waals surface area contributed by atoms with Gasteiger partial charge in [-0.15, -0.1) is 0 Å². The highest BCUT2D eigenvalue weighted by Gasteiger charge is 2.34. The van der Waals surface area contributed by atoms with Gasteiger partial charge in [0.2, 0.25) is 0 Å². The van der Waals surface area contributed by atoms with Crippen molar-refractivity contribution < 1.29 is 14.7 Å². The van der Waals surface area contributed by atoms with E-state index in [1.165, 1.54) is 10.5 Å². The number of hydrogen-bond donors (Lipinski definition) is 1. The average Bonchev–Trinajstić information content (AvgIpc) is 2.87. The zero-order valence-electron chi connectivity index (χ0n) is 11.3. The summed E-state index contributed by atoms with van der Waals surface area (Å²) in [6.45, 7) is 4.72. The van der Waals surface area contributed by atoms with E-state index >= 15 is 0 Å². The largest absolute Gasteiger partial charge is 0.480 e. The second kappa shape index (κ2) is 5.43. The van der Waals surface area contributed by atoms with Crippen LogP contribution in [0.25, 0.3) is 0 Å². The molecule has 0 aromatic heterocycles. The number of carboxylic acid groups (broad SMARTS) is 1. The van der Waals surface area contributed by atoms with Gasteiger partial charge in [-0.1, -0.05) is 26.0 Å². The van der Waals surface area contributed by atoms with Crippen molar-refractivity contribution in [1.29, 1.82) is 0 Å². The fourth-order valence-corrected chi connectivity index (χ4v) is 2.44. The molecule has 4 heteroatoms. The number of nitrogens with zero attached hydrogens (tertiary/aromatic N) is 1. The van der Waals surface area contributed by atoms with Gasteiger partial charge in [0.15, 0.2) is 0 Å². The highest BCUT2D eigenvalue weighted by atomic mass is 16.4. The summed E-state index contributed by atoms with van der Waals surface area (Å²) in [7, 11) is 0. The molecule has 0 bridgehead atoms. The highest BCUT2D eigenvalue weighted by molar-refractivity contribution is 5.97. The zero-order chi connectivity index (χ0) is 14.0. The van der Waals surface area contributed by atoms with E-state index in [0.29, 0.717) is 24.4 Å². The van der Waals surface area contributed by atoms with Gasteiger partial charge in [0.25, 0.3) is 5.91 Å². The van der Waals surface area contributed by atoms with Gasteiger partial charge < -0.3 is 10.0 Å². The fraction of sp³-hybridized carbons (Fsp3) is 0.467. The minimum absolute atomic E-state index is 0.180. The van der Waals surface area contributed by atoms with E-state index in [2.05, 4.69) is 13.8 Å². The molecule has 4 nitrogen and oxygen atoms in total. The number of carboxylic acids is 1. The summed E-state index contributed by atoms with van der Waals surface area (Å²) in [6, 6.07) is 6.77. The second-order valence-electron chi connectivity index (χ2n) is 5.27. The molecule has 1 aliphatic rings.